The minimum atomic E-state index is 0.989. The first-order valence-corrected chi connectivity index (χ1v) is 4.71. The van der Waals surface area contributed by atoms with E-state index in [1.165, 1.54) is 11.5 Å². The lowest BCUT2D eigenvalue weighted by Gasteiger charge is -2.04. The molecule has 1 aromatic carbocycles. The lowest BCUT2D eigenvalue weighted by atomic mass is 10.0. The van der Waals surface area contributed by atoms with Crippen molar-refractivity contribution in [1.82, 2.24) is 0 Å². The number of hydrogen-bond acceptors (Lipinski definition) is 0. The molecule has 0 N–H and O–H groups in total. The molecule has 63 valence electrons. The molecule has 0 aliphatic heterocycles. The highest BCUT2D eigenvalue weighted by molar-refractivity contribution is 9.10. The van der Waals surface area contributed by atoms with Gasteiger partial charge in [0.05, 0.1) is 0 Å². The van der Waals surface area contributed by atoms with Crippen LogP contribution in [-0.2, 0) is 6.42 Å². The van der Waals surface area contributed by atoms with E-state index in [0.717, 1.165) is 10.9 Å². The largest absolute Gasteiger partial charge is 0.102 e. The monoisotopic (exact) mass is 223 g/mol. The molecule has 1 heteroatoms. The van der Waals surface area contributed by atoms with Crippen LogP contribution in [0.2, 0.25) is 0 Å². The third-order valence-corrected chi connectivity index (χ3v) is 2.21. The third kappa shape index (κ3) is 2.82. The highest BCUT2D eigenvalue weighted by Crippen LogP contribution is 2.15. The number of hydrogen-bond donors (Lipinski definition) is 0. The molecule has 0 saturated heterocycles. The van der Waals surface area contributed by atoms with Gasteiger partial charge in [0.25, 0.3) is 0 Å². The van der Waals surface area contributed by atoms with Gasteiger partial charge in [0.2, 0.25) is 0 Å². The molecule has 0 fully saturated rings. The first-order valence-electron chi connectivity index (χ1n) is 3.91. The van der Waals surface area contributed by atoms with Crippen LogP contribution < -0.4 is 0 Å². The van der Waals surface area contributed by atoms with Gasteiger partial charge in [-0.3, -0.25) is 0 Å². The first-order chi connectivity index (χ1) is 5.72. The van der Waals surface area contributed by atoms with Crippen molar-refractivity contribution in [3.8, 4) is 0 Å². The molecule has 0 nitrogen and oxygen atoms in total. The smallest absolute Gasteiger partial charge is 0.0178 e. The Morgan fingerprint density at radius 1 is 1.58 bits per heavy atom. The molecule has 0 aliphatic rings. The molecule has 0 saturated carbocycles. The van der Waals surface area contributed by atoms with Crippen molar-refractivity contribution in [2.45, 2.75) is 13.3 Å². The predicted octanol–water partition coefficient (Wildman–Crippen LogP) is 3.77. The molecule has 0 unspecified atom stereocenters. The van der Waals surface area contributed by atoms with Gasteiger partial charge in [0.1, 0.15) is 0 Å². The van der Waals surface area contributed by atoms with Crippen LogP contribution in [0, 0.1) is 5.92 Å². The zero-order chi connectivity index (χ0) is 8.97. The summed E-state index contributed by atoms with van der Waals surface area (Å²) in [5.41, 5.74) is 1.32. The summed E-state index contributed by atoms with van der Waals surface area (Å²) in [5, 5.41) is 0. The first kappa shape index (κ1) is 9.53. The molecule has 0 spiro atoms. The number of halogens is 1. The highest BCUT2D eigenvalue weighted by atomic mass is 79.9. The van der Waals surface area contributed by atoms with Crippen molar-refractivity contribution in [2.75, 3.05) is 0 Å². The molecular formula is C11H12Br. The quantitative estimate of drug-likeness (QED) is 0.733. The van der Waals surface area contributed by atoms with E-state index >= 15 is 0 Å². The van der Waals surface area contributed by atoms with Crippen molar-refractivity contribution < 1.29 is 0 Å². The molecular weight excluding hydrogens is 212 g/mol. The van der Waals surface area contributed by atoms with Gasteiger partial charge in [-0.25, -0.2) is 0 Å². The molecule has 1 radical (unpaired) electrons. The summed E-state index contributed by atoms with van der Waals surface area (Å²) < 4.78 is 1.14. The fraction of sp³-hybridized carbons (Fsp3) is 0.182. The van der Waals surface area contributed by atoms with Crippen LogP contribution in [-0.4, -0.2) is 0 Å². The summed E-state index contributed by atoms with van der Waals surface area (Å²) in [7, 11) is 0. The van der Waals surface area contributed by atoms with Crippen LogP contribution in [0.3, 0.4) is 0 Å². The van der Waals surface area contributed by atoms with Gasteiger partial charge in [-0.15, -0.1) is 6.58 Å². The Kier molecular flexibility index (Phi) is 3.54. The fourth-order valence-electron chi connectivity index (χ4n) is 1.04. The average molecular weight is 224 g/mol. The summed E-state index contributed by atoms with van der Waals surface area (Å²) in [4.78, 5) is 0. The minimum absolute atomic E-state index is 0.989. The summed E-state index contributed by atoms with van der Waals surface area (Å²) in [6.07, 6.45) is 2.89. The SMILES string of the molecule is C=C[C](C)Cc1cccc(Br)c1. The average Bonchev–Trinajstić information content (AvgIpc) is 2.04. The number of rotatable bonds is 3. The summed E-state index contributed by atoms with van der Waals surface area (Å²) in [5.74, 6) is 1.30. The second kappa shape index (κ2) is 4.46. The Balaban J connectivity index is 2.69. The van der Waals surface area contributed by atoms with E-state index in [1.54, 1.807) is 0 Å². The molecule has 0 aromatic heterocycles. The van der Waals surface area contributed by atoms with E-state index in [2.05, 4.69) is 47.6 Å². The van der Waals surface area contributed by atoms with Gasteiger partial charge in [0, 0.05) is 4.47 Å². The Morgan fingerprint density at radius 3 is 2.92 bits per heavy atom. The van der Waals surface area contributed by atoms with Crippen LogP contribution in [0.25, 0.3) is 0 Å². The van der Waals surface area contributed by atoms with E-state index in [-0.39, 0.29) is 0 Å². The van der Waals surface area contributed by atoms with Crippen LogP contribution in [0.4, 0.5) is 0 Å². The molecule has 1 rings (SSSR count). The molecule has 0 aliphatic carbocycles. The maximum Gasteiger partial charge on any atom is 0.0178 e. The topological polar surface area (TPSA) is 0 Å². The molecule has 0 amide bonds. The maximum absolute atomic E-state index is 3.73. The van der Waals surface area contributed by atoms with Crippen LogP contribution in [0.1, 0.15) is 12.5 Å². The molecule has 1 aromatic rings. The zero-order valence-electron chi connectivity index (χ0n) is 7.18. The normalized spacial score (nSPS) is 10.2. The fourth-order valence-corrected chi connectivity index (χ4v) is 1.49. The summed E-state index contributed by atoms with van der Waals surface area (Å²) in [6, 6.07) is 8.34. The minimum Gasteiger partial charge on any atom is -0.102 e. The number of allylic oxidation sites excluding steroid dienone is 1. The number of benzene rings is 1. The molecule has 0 bridgehead atoms. The van der Waals surface area contributed by atoms with E-state index in [1.807, 2.05) is 12.1 Å². The van der Waals surface area contributed by atoms with Crippen LogP contribution in [0.15, 0.2) is 41.4 Å². The van der Waals surface area contributed by atoms with Gasteiger partial charge in [-0.05, 0) is 30.0 Å². The van der Waals surface area contributed by atoms with Crippen molar-refractivity contribution in [3.63, 3.8) is 0 Å². The van der Waals surface area contributed by atoms with E-state index in [4.69, 9.17) is 0 Å². The molecule has 0 atom stereocenters. The van der Waals surface area contributed by atoms with Gasteiger partial charge in [0.15, 0.2) is 0 Å². The van der Waals surface area contributed by atoms with Gasteiger partial charge < -0.3 is 0 Å². The standard InChI is InChI=1S/C11H12Br/c1-3-9(2)7-10-5-4-6-11(12)8-10/h3-6,8H,1,7H2,2H3. The van der Waals surface area contributed by atoms with Gasteiger partial charge in [-0.2, -0.15) is 0 Å². The Hall–Kier alpha value is -0.560. The highest BCUT2D eigenvalue weighted by Gasteiger charge is 1.99. The predicted molar refractivity (Wildman–Crippen MR) is 57.0 cm³/mol. The van der Waals surface area contributed by atoms with Gasteiger partial charge >= 0.3 is 0 Å². The van der Waals surface area contributed by atoms with E-state index in [9.17, 15) is 0 Å². The van der Waals surface area contributed by atoms with Crippen LogP contribution in [0.5, 0.6) is 0 Å². The third-order valence-electron chi connectivity index (χ3n) is 1.72. The lowest BCUT2D eigenvalue weighted by Crippen LogP contribution is -1.92. The second-order valence-corrected chi connectivity index (χ2v) is 3.77. The van der Waals surface area contributed by atoms with E-state index < -0.39 is 0 Å². The Labute approximate surface area is 82.4 Å². The molecule has 0 heterocycles. The van der Waals surface area contributed by atoms with Crippen LogP contribution >= 0.6 is 15.9 Å². The maximum atomic E-state index is 3.73. The zero-order valence-corrected chi connectivity index (χ0v) is 8.76. The Bertz CT molecular complexity index is 265. The van der Waals surface area contributed by atoms with Crippen molar-refractivity contribution in [3.05, 3.63) is 52.9 Å². The Morgan fingerprint density at radius 2 is 2.33 bits per heavy atom. The summed E-state index contributed by atoms with van der Waals surface area (Å²) >= 11 is 3.44. The van der Waals surface area contributed by atoms with E-state index in [0.29, 0.717) is 0 Å². The second-order valence-electron chi connectivity index (χ2n) is 2.86. The van der Waals surface area contributed by atoms with Gasteiger partial charge in [-0.1, -0.05) is 41.1 Å². The van der Waals surface area contributed by atoms with Crippen molar-refractivity contribution in [2.24, 2.45) is 0 Å². The van der Waals surface area contributed by atoms with Crippen molar-refractivity contribution in [1.29, 1.82) is 0 Å². The summed E-state index contributed by atoms with van der Waals surface area (Å²) in [6.45, 7) is 5.82. The molecule has 12 heavy (non-hydrogen) atoms. The van der Waals surface area contributed by atoms with Crippen molar-refractivity contribution >= 4 is 15.9 Å². The lowest BCUT2D eigenvalue weighted by molar-refractivity contribution is 1.03.